The molecule has 0 radical (unpaired) electrons. The number of alkyl halides is 1. The standard InChI is InChI=1S/C13H13ClN2O/c1-16(7-6-14)12-4-5-13-10(8-12)2-3-11(9-17)15-13/h2-5,8-9H,6-7H2,1H3. The van der Waals surface area contributed by atoms with Gasteiger partial charge in [0.1, 0.15) is 5.69 Å². The van der Waals surface area contributed by atoms with Crippen LogP contribution in [0.2, 0.25) is 0 Å². The molecule has 0 unspecified atom stereocenters. The molecule has 1 heterocycles. The molecule has 88 valence electrons. The molecule has 0 bridgehead atoms. The summed E-state index contributed by atoms with van der Waals surface area (Å²) in [6.07, 6.45) is 0.757. The highest BCUT2D eigenvalue weighted by Crippen LogP contribution is 2.20. The number of nitrogens with zero attached hydrogens (tertiary/aromatic N) is 2. The van der Waals surface area contributed by atoms with Crippen molar-refractivity contribution in [3.63, 3.8) is 0 Å². The fraction of sp³-hybridized carbons (Fsp3) is 0.231. The Bertz CT molecular complexity index is 542. The number of benzene rings is 1. The molecule has 0 N–H and O–H groups in total. The van der Waals surface area contributed by atoms with E-state index in [0.717, 1.165) is 29.4 Å². The fourth-order valence-electron chi connectivity index (χ4n) is 1.69. The van der Waals surface area contributed by atoms with Crippen LogP contribution in [0, 0.1) is 0 Å². The molecule has 0 aliphatic heterocycles. The number of aromatic nitrogens is 1. The van der Waals surface area contributed by atoms with Crippen LogP contribution in [0.1, 0.15) is 10.5 Å². The molecule has 1 aromatic heterocycles. The Morgan fingerprint density at radius 3 is 2.88 bits per heavy atom. The smallest absolute Gasteiger partial charge is 0.168 e. The maximum absolute atomic E-state index is 10.6. The van der Waals surface area contributed by atoms with Crippen LogP contribution in [0.5, 0.6) is 0 Å². The average Bonchev–Trinajstić information content (AvgIpc) is 2.37. The zero-order valence-corrected chi connectivity index (χ0v) is 10.3. The van der Waals surface area contributed by atoms with Crippen molar-refractivity contribution in [2.24, 2.45) is 0 Å². The predicted molar refractivity (Wildman–Crippen MR) is 71.1 cm³/mol. The molecule has 0 fully saturated rings. The van der Waals surface area contributed by atoms with Crippen molar-refractivity contribution in [3.8, 4) is 0 Å². The lowest BCUT2D eigenvalue weighted by atomic mass is 10.1. The molecule has 0 saturated carbocycles. The number of pyridine rings is 1. The van der Waals surface area contributed by atoms with Crippen LogP contribution in [0.3, 0.4) is 0 Å². The number of anilines is 1. The lowest BCUT2D eigenvalue weighted by molar-refractivity contribution is 0.111. The molecule has 3 nitrogen and oxygen atoms in total. The zero-order chi connectivity index (χ0) is 12.3. The molecular formula is C13H13ClN2O. The molecular weight excluding hydrogens is 236 g/mol. The Balaban J connectivity index is 2.41. The second-order valence-corrected chi connectivity index (χ2v) is 4.22. The minimum absolute atomic E-state index is 0.458. The van der Waals surface area contributed by atoms with Crippen molar-refractivity contribution in [2.45, 2.75) is 0 Å². The van der Waals surface area contributed by atoms with Crippen LogP contribution in [0.25, 0.3) is 10.9 Å². The van der Waals surface area contributed by atoms with E-state index in [2.05, 4.69) is 9.88 Å². The van der Waals surface area contributed by atoms with Gasteiger partial charge in [-0.2, -0.15) is 0 Å². The summed E-state index contributed by atoms with van der Waals surface area (Å²) in [5.74, 6) is 0.594. The van der Waals surface area contributed by atoms with Crippen molar-refractivity contribution >= 4 is 34.5 Å². The number of carbonyl (C=O) groups excluding carboxylic acids is 1. The van der Waals surface area contributed by atoms with E-state index in [1.54, 1.807) is 6.07 Å². The van der Waals surface area contributed by atoms with Gasteiger partial charge in [-0.05, 0) is 24.3 Å². The quantitative estimate of drug-likeness (QED) is 0.616. The summed E-state index contributed by atoms with van der Waals surface area (Å²) in [6, 6.07) is 9.58. The molecule has 0 aliphatic rings. The summed E-state index contributed by atoms with van der Waals surface area (Å²) in [6.45, 7) is 0.799. The molecule has 2 aromatic rings. The highest BCUT2D eigenvalue weighted by molar-refractivity contribution is 6.18. The van der Waals surface area contributed by atoms with Crippen molar-refractivity contribution in [2.75, 3.05) is 24.4 Å². The summed E-state index contributed by atoms with van der Waals surface area (Å²) in [5, 5.41) is 1.02. The minimum atomic E-state index is 0.458. The molecule has 4 heteroatoms. The monoisotopic (exact) mass is 248 g/mol. The third-order valence-electron chi connectivity index (χ3n) is 2.68. The van der Waals surface area contributed by atoms with Gasteiger partial charge in [-0.3, -0.25) is 4.79 Å². The van der Waals surface area contributed by atoms with Gasteiger partial charge in [0.15, 0.2) is 6.29 Å². The van der Waals surface area contributed by atoms with Crippen molar-refractivity contribution in [1.29, 1.82) is 0 Å². The Morgan fingerprint density at radius 1 is 1.35 bits per heavy atom. The van der Waals surface area contributed by atoms with Crippen molar-refractivity contribution in [1.82, 2.24) is 4.98 Å². The number of aldehydes is 1. The van der Waals surface area contributed by atoms with E-state index in [-0.39, 0.29) is 0 Å². The third kappa shape index (κ3) is 2.56. The summed E-state index contributed by atoms with van der Waals surface area (Å²) in [7, 11) is 2.00. The second-order valence-electron chi connectivity index (χ2n) is 3.84. The molecule has 17 heavy (non-hydrogen) atoms. The highest BCUT2D eigenvalue weighted by atomic mass is 35.5. The normalized spacial score (nSPS) is 10.5. The number of hydrogen-bond acceptors (Lipinski definition) is 3. The van der Waals surface area contributed by atoms with E-state index in [1.165, 1.54) is 0 Å². The van der Waals surface area contributed by atoms with Crippen LogP contribution < -0.4 is 4.90 Å². The molecule has 0 amide bonds. The first-order valence-electron chi connectivity index (χ1n) is 5.37. The van der Waals surface area contributed by atoms with E-state index in [1.807, 2.05) is 31.3 Å². The van der Waals surface area contributed by atoms with Gasteiger partial charge >= 0.3 is 0 Å². The summed E-state index contributed by atoms with van der Waals surface area (Å²) in [4.78, 5) is 16.9. The SMILES string of the molecule is CN(CCCl)c1ccc2nc(C=O)ccc2c1. The molecule has 0 aliphatic carbocycles. The van der Waals surface area contributed by atoms with Crippen molar-refractivity contribution in [3.05, 3.63) is 36.0 Å². The topological polar surface area (TPSA) is 33.2 Å². The van der Waals surface area contributed by atoms with E-state index >= 15 is 0 Å². The molecule has 0 spiro atoms. The Kier molecular flexibility index (Phi) is 3.59. The van der Waals surface area contributed by atoms with Gasteiger partial charge in [0.25, 0.3) is 0 Å². The van der Waals surface area contributed by atoms with Gasteiger partial charge < -0.3 is 4.90 Å². The number of rotatable bonds is 4. The maximum atomic E-state index is 10.6. The first-order valence-corrected chi connectivity index (χ1v) is 5.91. The number of halogens is 1. The van der Waals surface area contributed by atoms with Crippen LogP contribution in [0.15, 0.2) is 30.3 Å². The summed E-state index contributed by atoms with van der Waals surface area (Å²) in [5.41, 5.74) is 2.38. The largest absolute Gasteiger partial charge is 0.373 e. The fourth-order valence-corrected chi connectivity index (χ4v) is 1.94. The number of carbonyl (C=O) groups is 1. The summed E-state index contributed by atoms with van der Waals surface area (Å²) >= 11 is 5.71. The highest BCUT2D eigenvalue weighted by Gasteiger charge is 2.03. The first kappa shape index (κ1) is 11.9. The van der Waals surface area contributed by atoms with Crippen LogP contribution in [0.4, 0.5) is 5.69 Å². The van der Waals surface area contributed by atoms with Gasteiger partial charge in [0.05, 0.1) is 5.52 Å². The third-order valence-corrected chi connectivity index (χ3v) is 2.84. The van der Waals surface area contributed by atoms with Gasteiger partial charge in [-0.15, -0.1) is 11.6 Å². The Hall–Kier alpha value is -1.61. The Morgan fingerprint density at radius 2 is 2.18 bits per heavy atom. The second kappa shape index (κ2) is 5.15. The average molecular weight is 249 g/mol. The number of hydrogen-bond donors (Lipinski definition) is 0. The molecule has 2 rings (SSSR count). The van der Waals surface area contributed by atoms with Crippen molar-refractivity contribution < 1.29 is 4.79 Å². The Labute approximate surface area is 105 Å². The van der Waals surface area contributed by atoms with E-state index in [4.69, 9.17) is 11.6 Å². The number of fused-ring (bicyclic) bond motifs is 1. The van der Waals surface area contributed by atoms with Crippen LogP contribution >= 0.6 is 11.6 Å². The zero-order valence-electron chi connectivity index (χ0n) is 9.56. The molecule has 0 atom stereocenters. The van der Waals surface area contributed by atoms with Gasteiger partial charge in [0.2, 0.25) is 0 Å². The lowest BCUT2D eigenvalue weighted by Gasteiger charge is -2.18. The van der Waals surface area contributed by atoms with E-state index in [0.29, 0.717) is 11.6 Å². The van der Waals surface area contributed by atoms with Gasteiger partial charge in [-0.1, -0.05) is 6.07 Å². The van der Waals surface area contributed by atoms with Crippen LogP contribution in [-0.4, -0.2) is 30.7 Å². The van der Waals surface area contributed by atoms with E-state index in [9.17, 15) is 4.79 Å². The first-order chi connectivity index (χ1) is 8.24. The lowest BCUT2D eigenvalue weighted by Crippen LogP contribution is -2.19. The summed E-state index contributed by atoms with van der Waals surface area (Å²) < 4.78 is 0. The molecule has 0 saturated heterocycles. The van der Waals surface area contributed by atoms with Crippen LogP contribution in [-0.2, 0) is 0 Å². The molecule has 1 aromatic carbocycles. The predicted octanol–water partition coefficient (Wildman–Crippen LogP) is 2.72. The maximum Gasteiger partial charge on any atom is 0.168 e. The van der Waals surface area contributed by atoms with E-state index < -0.39 is 0 Å². The van der Waals surface area contributed by atoms with Gasteiger partial charge in [0, 0.05) is 30.5 Å². The van der Waals surface area contributed by atoms with Gasteiger partial charge in [-0.25, -0.2) is 4.98 Å². The minimum Gasteiger partial charge on any atom is -0.373 e.